The summed E-state index contributed by atoms with van der Waals surface area (Å²) in [6.07, 6.45) is 3.46. The van der Waals surface area contributed by atoms with Crippen LogP contribution in [0.4, 0.5) is 0 Å². The number of rotatable bonds is 4. The third kappa shape index (κ3) is 2.57. The van der Waals surface area contributed by atoms with E-state index in [0.717, 1.165) is 16.1 Å². The van der Waals surface area contributed by atoms with Crippen LogP contribution in [0, 0.1) is 0 Å². The fourth-order valence-electron chi connectivity index (χ4n) is 2.65. The number of hydrogen-bond donors (Lipinski definition) is 0. The van der Waals surface area contributed by atoms with Crippen LogP contribution in [0.15, 0.2) is 65.0 Å². The Morgan fingerprint density at radius 1 is 0.913 bits per heavy atom. The molecule has 0 bridgehead atoms. The molecule has 6 heteroatoms. The molecule has 0 N–H and O–H groups in total. The van der Waals surface area contributed by atoms with Crippen molar-refractivity contribution in [3.05, 3.63) is 81.3 Å². The number of nitrogens with zero attached hydrogens (tertiary/aromatic N) is 4. The Balaban J connectivity index is 1.84. The van der Waals surface area contributed by atoms with Crippen LogP contribution in [0.1, 0.15) is 10.6 Å². The van der Waals surface area contributed by atoms with Crippen LogP contribution in [0.25, 0.3) is 11.2 Å². The quantitative estimate of drug-likeness (QED) is 0.580. The molecular formula is C17H14N4OS. The summed E-state index contributed by atoms with van der Waals surface area (Å²) in [5.41, 5.74) is 2.34. The van der Waals surface area contributed by atoms with Crippen LogP contribution in [0.5, 0.6) is 0 Å². The maximum atomic E-state index is 12.9. The van der Waals surface area contributed by atoms with Crippen LogP contribution >= 0.6 is 11.3 Å². The maximum absolute atomic E-state index is 12.9. The van der Waals surface area contributed by atoms with Gasteiger partial charge in [-0.05, 0) is 35.7 Å². The van der Waals surface area contributed by atoms with Gasteiger partial charge in [0.1, 0.15) is 0 Å². The molecule has 0 aromatic carbocycles. The molecule has 23 heavy (non-hydrogen) atoms. The molecule has 0 amide bonds. The molecule has 0 unspecified atom stereocenters. The van der Waals surface area contributed by atoms with Gasteiger partial charge in [-0.15, -0.1) is 11.3 Å². The Kier molecular flexibility index (Phi) is 3.51. The van der Waals surface area contributed by atoms with Crippen LogP contribution < -0.4 is 5.69 Å². The average Bonchev–Trinajstić information content (AvgIpc) is 3.19. The van der Waals surface area contributed by atoms with Gasteiger partial charge in [0.05, 0.1) is 24.3 Å². The molecular weight excluding hydrogens is 308 g/mol. The standard InChI is InChI=1S/C17H14N4OS/c22-17-20(11-13-5-1-2-8-18-13)15-7-3-9-19-16(15)21(17)12-14-6-4-10-23-14/h1-10H,11-12H2. The predicted octanol–water partition coefficient (Wildman–Crippen LogP) is 2.75. The molecule has 4 aromatic heterocycles. The largest absolute Gasteiger partial charge is 0.331 e. The number of hydrogen-bond acceptors (Lipinski definition) is 4. The van der Waals surface area contributed by atoms with Crippen LogP contribution in [-0.2, 0) is 13.1 Å². The average molecular weight is 322 g/mol. The fourth-order valence-corrected chi connectivity index (χ4v) is 3.35. The third-order valence-corrected chi connectivity index (χ3v) is 4.58. The summed E-state index contributed by atoms with van der Waals surface area (Å²) in [6.45, 7) is 0.985. The summed E-state index contributed by atoms with van der Waals surface area (Å²) in [7, 11) is 0. The molecule has 0 aliphatic heterocycles. The highest BCUT2D eigenvalue weighted by Crippen LogP contribution is 2.15. The molecule has 4 heterocycles. The Morgan fingerprint density at radius 2 is 1.83 bits per heavy atom. The first kappa shape index (κ1) is 13.9. The van der Waals surface area contributed by atoms with Gasteiger partial charge in [-0.3, -0.25) is 14.1 Å². The second-order valence-electron chi connectivity index (χ2n) is 5.20. The predicted molar refractivity (Wildman–Crippen MR) is 90.8 cm³/mol. The zero-order valence-corrected chi connectivity index (χ0v) is 13.1. The molecule has 4 rings (SSSR count). The van der Waals surface area contributed by atoms with E-state index in [2.05, 4.69) is 9.97 Å². The topological polar surface area (TPSA) is 52.7 Å². The van der Waals surface area contributed by atoms with Gasteiger partial charge in [0.2, 0.25) is 0 Å². The molecule has 0 saturated heterocycles. The highest BCUT2D eigenvalue weighted by molar-refractivity contribution is 7.09. The molecule has 0 saturated carbocycles. The van der Waals surface area contributed by atoms with Gasteiger partial charge in [0, 0.05) is 17.3 Å². The van der Waals surface area contributed by atoms with Gasteiger partial charge in [-0.1, -0.05) is 12.1 Å². The second kappa shape index (κ2) is 5.81. The molecule has 114 valence electrons. The first-order valence-corrected chi connectivity index (χ1v) is 8.17. The lowest BCUT2D eigenvalue weighted by Gasteiger charge is -2.02. The Hall–Kier alpha value is -2.73. The maximum Gasteiger partial charge on any atom is 0.331 e. The van der Waals surface area contributed by atoms with Crippen molar-refractivity contribution < 1.29 is 0 Å². The van der Waals surface area contributed by atoms with Gasteiger partial charge < -0.3 is 0 Å². The minimum atomic E-state index is -0.0576. The minimum Gasteiger partial charge on any atom is -0.284 e. The number of thiophene rings is 1. The van der Waals surface area contributed by atoms with Crippen molar-refractivity contribution in [3.8, 4) is 0 Å². The van der Waals surface area contributed by atoms with Crippen LogP contribution in [0.3, 0.4) is 0 Å². The van der Waals surface area contributed by atoms with E-state index in [0.29, 0.717) is 18.7 Å². The SMILES string of the molecule is O=c1n(Cc2ccccn2)c2cccnc2n1Cc1cccs1. The van der Waals surface area contributed by atoms with E-state index < -0.39 is 0 Å². The Labute approximate surface area is 136 Å². The zero-order chi connectivity index (χ0) is 15.6. The fraction of sp³-hybridized carbons (Fsp3) is 0.118. The van der Waals surface area contributed by atoms with E-state index >= 15 is 0 Å². The third-order valence-electron chi connectivity index (χ3n) is 3.71. The lowest BCUT2D eigenvalue weighted by molar-refractivity contribution is 0.694. The van der Waals surface area contributed by atoms with Gasteiger partial charge in [0.25, 0.3) is 0 Å². The van der Waals surface area contributed by atoms with Crippen molar-refractivity contribution in [2.45, 2.75) is 13.1 Å². The van der Waals surface area contributed by atoms with Gasteiger partial charge in [0.15, 0.2) is 5.65 Å². The van der Waals surface area contributed by atoms with E-state index in [1.54, 1.807) is 32.9 Å². The van der Waals surface area contributed by atoms with E-state index in [4.69, 9.17) is 0 Å². The second-order valence-corrected chi connectivity index (χ2v) is 6.23. The lowest BCUT2D eigenvalue weighted by atomic mass is 10.3. The number of aromatic nitrogens is 4. The van der Waals surface area contributed by atoms with Crippen molar-refractivity contribution in [1.82, 2.24) is 19.1 Å². The highest BCUT2D eigenvalue weighted by Gasteiger charge is 2.15. The smallest absolute Gasteiger partial charge is 0.284 e. The molecule has 0 fully saturated rings. The van der Waals surface area contributed by atoms with E-state index in [1.807, 2.05) is 47.8 Å². The van der Waals surface area contributed by atoms with Crippen molar-refractivity contribution in [1.29, 1.82) is 0 Å². The number of imidazole rings is 1. The van der Waals surface area contributed by atoms with Gasteiger partial charge in [-0.25, -0.2) is 9.78 Å². The molecule has 0 aliphatic carbocycles. The van der Waals surface area contributed by atoms with Crippen molar-refractivity contribution >= 4 is 22.5 Å². The summed E-state index contributed by atoms with van der Waals surface area (Å²) in [4.78, 5) is 22.7. The van der Waals surface area contributed by atoms with Crippen molar-refractivity contribution in [2.24, 2.45) is 0 Å². The van der Waals surface area contributed by atoms with Crippen molar-refractivity contribution in [3.63, 3.8) is 0 Å². The molecule has 0 radical (unpaired) electrons. The first-order valence-electron chi connectivity index (χ1n) is 7.29. The molecule has 0 aliphatic rings. The van der Waals surface area contributed by atoms with Gasteiger partial charge in [-0.2, -0.15) is 0 Å². The monoisotopic (exact) mass is 322 g/mol. The van der Waals surface area contributed by atoms with E-state index in [-0.39, 0.29) is 5.69 Å². The summed E-state index contributed by atoms with van der Waals surface area (Å²) in [5.74, 6) is 0. The molecule has 0 spiro atoms. The minimum absolute atomic E-state index is 0.0576. The number of fused-ring (bicyclic) bond motifs is 1. The van der Waals surface area contributed by atoms with Crippen LogP contribution in [-0.4, -0.2) is 19.1 Å². The summed E-state index contributed by atoms with van der Waals surface area (Å²) in [5, 5.41) is 2.01. The Bertz CT molecular complexity index is 987. The molecule has 0 atom stereocenters. The summed E-state index contributed by atoms with van der Waals surface area (Å²) < 4.78 is 3.46. The highest BCUT2D eigenvalue weighted by atomic mass is 32.1. The normalized spacial score (nSPS) is 11.1. The van der Waals surface area contributed by atoms with Crippen LogP contribution in [0.2, 0.25) is 0 Å². The first-order chi connectivity index (χ1) is 11.3. The molecule has 4 aromatic rings. The lowest BCUT2D eigenvalue weighted by Crippen LogP contribution is -2.25. The summed E-state index contributed by atoms with van der Waals surface area (Å²) in [6, 6.07) is 13.5. The summed E-state index contributed by atoms with van der Waals surface area (Å²) >= 11 is 1.64. The van der Waals surface area contributed by atoms with Gasteiger partial charge >= 0.3 is 5.69 Å². The van der Waals surface area contributed by atoms with E-state index in [1.165, 1.54) is 0 Å². The zero-order valence-electron chi connectivity index (χ0n) is 12.3. The van der Waals surface area contributed by atoms with E-state index in [9.17, 15) is 4.79 Å². The number of pyridine rings is 2. The Morgan fingerprint density at radius 3 is 2.61 bits per heavy atom. The molecule has 5 nitrogen and oxygen atoms in total. The van der Waals surface area contributed by atoms with Crippen molar-refractivity contribution in [2.75, 3.05) is 0 Å².